The molecule has 0 aliphatic heterocycles. The van der Waals surface area contributed by atoms with Crippen LogP contribution in [0.5, 0.6) is 0 Å². The summed E-state index contributed by atoms with van der Waals surface area (Å²) in [6, 6.07) is 10.1. The summed E-state index contributed by atoms with van der Waals surface area (Å²) in [6.07, 6.45) is 1.61. The van der Waals surface area contributed by atoms with E-state index in [-0.39, 0.29) is 5.82 Å². The molecule has 0 amide bonds. The summed E-state index contributed by atoms with van der Waals surface area (Å²) in [7, 11) is 1.31. The largest absolute Gasteiger partial charge is 0.465 e. The first kappa shape index (κ1) is 14.0. The van der Waals surface area contributed by atoms with Crippen LogP contribution in [0.4, 0.5) is 4.39 Å². The molecule has 0 saturated carbocycles. The summed E-state index contributed by atoms with van der Waals surface area (Å²) in [5.41, 5.74) is 3.03. The predicted octanol–water partition coefficient (Wildman–Crippen LogP) is 4.23. The number of carbonyl (C=O) groups excluding carboxylic acids is 1. The lowest BCUT2D eigenvalue weighted by Gasteiger charge is -2.08. The minimum atomic E-state index is -0.456. The van der Waals surface area contributed by atoms with Crippen LogP contribution in [0.3, 0.4) is 0 Å². The molecule has 102 valence electrons. The SMILES string of the molecule is C=Cc1cc(C(=O)OC)cc(-c2ccc(C)cc2F)c1. The minimum Gasteiger partial charge on any atom is -0.465 e. The molecule has 0 aliphatic rings. The summed E-state index contributed by atoms with van der Waals surface area (Å²) in [5.74, 6) is -0.774. The Bertz CT molecular complexity index is 675. The van der Waals surface area contributed by atoms with Crippen LogP contribution in [-0.4, -0.2) is 13.1 Å². The van der Waals surface area contributed by atoms with E-state index < -0.39 is 5.97 Å². The molecular weight excluding hydrogens is 255 g/mol. The molecule has 2 rings (SSSR count). The Morgan fingerprint density at radius 1 is 1.25 bits per heavy atom. The zero-order chi connectivity index (χ0) is 14.7. The maximum Gasteiger partial charge on any atom is 0.337 e. The van der Waals surface area contributed by atoms with Gasteiger partial charge in [0.05, 0.1) is 12.7 Å². The number of esters is 1. The Labute approximate surface area is 117 Å². The summed E-state index contributed by atoms with van der Waals surface area (Å²) in [4.78, 5) is 11.7. The fraction of sp³-hybridized carbons (Fsp3) is 0.118. The molecule has 0 heterocycles. The van der Waals surface area contributed by atoms with Crippen molar-refractivity contribution in [1.29, 1.82) is 0 Å². The second-order valence-electron chi connectivity index (χ2n) is 4.52. The van der Waals surface area contributed by atoms with Gasteiger partial charge in [-0.05, 0) is 47.9 Å². The smallest absolute Gasteiger partial charge is 0.337 e. The van der Waals surface area contributed by atoms with E-state index in [1.807, 2.05) is 13.0 Å². The standard InChI is InChI=1S/C17H15FO2/c1-4-12-8-13(10-14(9-12)17(19)20-3)15-6-5-11(2)7-16(15)18/h4-10H,1H2,2-3H3. The third-order valence-corrected chi connectivity index (χ3v) is 3.05. The highest BCUT2D eigenvalue weighted by molar-refractivity contribution is 5.92. The van der Waals surface area contributed by atoms with E-state index in [2.05, 4.69) is 6.58 Å². The number of hydrogen-bond acceptors (Lipinski definition) is 2. The highest BCUT2D eigenvalue weighted by atomic mass is 19.1. The number of benzene rings is 2. The van der Waals surface area contributed by atoms with E-state index in [9.17, 15) is 9.18 Å². The van der Waals surface area contributed by atoms with E-state index in [0.29, 0.717) is 16.7 Å². The van der Waals surface area contributed by atoms with Crippen molar-refractivity contribution < 1.29 is 13.9 Å². The predicted molar refractivity (Wildman–Crippen MR) is 78.0 cm³/mol. The number of methoxy groups -OCH3 is 1. The van der Waals surface area contributed by atoms with Crippen molar-refractivity contribution in [2.45, 2.75) is 6.92 Å². The molecule has 0 aromatic heterocycles. The zero-order valence-electron chi connectivity index (χ0n) is 11.4. The monoisotopic (exact) mass is 270 g/mol. The molecule has 2 nitrogen and oxygen atoms in total. The molecule has 0 N–H and O–H groups in total. The van der Waals surface area contributed by atoms with Gasteiger partial charge in [0.25, 0.3) is 0 Å². The van der Waals surface area contributed by atoms with Crippen LogP contribution in [0, 0.1) is 12.7 Å². The van der Waals surface area contributed by atoms with Gasteiger partial charge in [0.1, 0.15) is 5.82 Å². The summed E-state index contributed by atoms with van der Waals surface area (Å²) in [6.45, 7) is 5.51. The van der Waals surface area contributed by atoms with Crippen LogP contribution in [0.15, 0.2) is 43.0 Å². The van der Waals surface area contributed by atoms with Crippen molar-refractivity contribution in [2.75, 3.05) is 7.11 Å². The molecule has 0 aliphatic carbocycles. The van der Waals surface area contributed by atoms with Crippen LogP contribution in [0.1, 0.15) is 21.5 Å². The molecule has 0 saturated heterocycles. The molecule has 20 heavy (non-hydrogen) atoms. The highest BCUT2D eigenvalue weighted by Crippen LogP contribution is 2.26. The van der Waals surface area contributed by atoms with Gasteiger partial charge in [0, 0.05) is 5.56 Å². The van der Waals surface area contributed by atoms with E-state index >= 15 is 0 Å². The van der Waals surface area contributed by atoms with Gasteiger partial charge in [-0.2, -0.15) is 0 Å². The molecule has 0 spiro atoms. The summed E-state index contributed by atoms with van der Waals surface area (Å²) in [5, 5.41) is 0. The quantitative estimate of drug-likeness (QED) is 0.780. The van der Waals surface area contributed by atoms with Crippen LogP contribution in [0.2, 0.25) is 0 Å². The van der Waals surface area contributed by atoms with Crippen molar-refractivity contribution in [2.24, 2.45) is 0 Å². The maximum atomic E-state index is 14.0. The van der Waals surface area contributed by atoms with Crippen molar-refractivity contribution in [3.05, 3.63) is 65.5 Å². The molecule has 0 radical (unpaired) electrons. The van der Waals surface area contributed by atoms with Crippen LogP contribution in [0.25, 0.3) is 17.2 Å². The second-order valence-corrected chi connectivity index (χ2v) is 4.52. The lowest BCUT2D eigenvalue weighted by atomic mass is 9.98. The Hall–Kier alpha value is -2.42. The van der Waals surface area contributed by atoms with E-state index in [0.717, 1.165) is 11.1 Å². The van der Waals surface area contributed by atoms with Crippen molar-refractivity contribution in [3.8, 4) is 11.1 Å². The van der Waals surface area contributed by atoms with Crippen LogP contribution >= 0.6 is 0 Å². The molecule has 0 unspecified atom stereocenters. The number of carbonyl (C=O) groups is 1. The molecular formula is C17H15FO2. The Morgan fingerprint density at radius 2 is 2.00 bits per heavy atom. The molecule has 3 heteroatoms. The van der Waals surface area contributed by atoms with E-state index in [1.54, 1.807) is 30.3 Å². The molecule has 0 atom stereocenters. The molecule has 2 aromatic rings. The Kier molecular flexibility index (Phi) is 3.99. The zero-order valence-corrected chi connectivity index (χ0v) is 11.4. The van der Waals surface area contributed by atoms with Crippen molar-refractivity contribution >= 4 is 12.0 Å². The van der Waals surface area contributed by atoms with Gasteiger partial charge in [-0.15, -0.1) is 0 Å². The Balaban J connectivity index is 2.61. The highest BCUT2D eigenvalue weighted by Gasteiger charge is 2.11. The first-order valence-corrected chi connectivity index (χ1v) is 6.17. The topological polar surface area (TPSA) is 26.3 Å². The third-order valence-electron chi connectivity index (χ3n) is 3.05. The number of hydrogen-bond donors (Lipinski definition) is 0. The number of halogens is 1. The fourth-order valence-electron chi connectivity index (χ4n) is 2.01. The van der Waals surface area contributed by atoms with Gasteiger partial charge in [-0.25, -0.2) is 9.18 Å². The van der Waals surface area contributed by atoms with E-state index in [4.69, 9.17) is 4.74 Å². The summed E-state index contributed by atoms with van der Waals surface area (Å²) >= 11 is 0. The number of ether oxygens (including phenoxy) is 1. The average molecular weight is 270 g/mol. The Morgan fingerprint density at radius 3 is 2.60 bits per heavy atom. The number of rotatable bonds is 3. The lowest BCUT2D eigenvalue weighted by molar-refractivity contribution is 0.0600. The van der Waals surface area contributed by atoms with Gasteiger partial charge >= 0.3 is 5.97 Å². The van der Waals surface area contributed by atoms with Gasteiger partial charge in [0.15, 0.2) is 0 Å². The fourth-order valence-corrected chi connectivity index (χ4v) is 2.01. The molecule has 0 fully saturated rings. The normalized spacial score (nSPS) is 10.2. The molecule has 0 bridgehead atoms. The van der Waals surface area contributed by atoms with E-state index in [1.165, 1.54) is 13.2 Å². The minimum absolute atomic E-state index is 0.318. The van der Waals surface area contributed by atoms with Gasteiger partial charge in [0.2, 0.25) is 0 Å². The summed E-state index contributed by atoms with van der Waals surface area (Å²) < 4.78 is 18.8. The maximum absolute atomic E-state index is 14.0. The van der Waals surface area contributed by atoms with Gasteiger partial charge < -0.3 is 4.74 Å². The van der Waals surface area contributed by atoms with Crippen molar-refractivity contribution in [3.63, 3.8) is 0 Å². The van der Waals surface area contributed by atoms with Crippen LogP contribution < -0.4 is 0 Å². The number of aryl methyl sites for hydroxylation is 1. The molecule has 2 aromatic carbocycles. The first-order chi connectivity index (χ1) is 9.55. The van der Waals surface area contributed by atoms with Crippen LogP contribution in [-0.2, 0) is 4.74 Å². The second kappa shape index (κ2) is 5.70. The van der Waals surface area contributed by atoms with Gasteiger partial charge in [-0.3, -0.25) is 0 Å². The third kappa shape index (κ3) is 2.77. The first-order valence-electron chi connectivity index (χ1n) is 6.17. The lowest BCUT2D eigenvalue weighted by Crippen LogP contribution is -2.02. The van der Waals surface area contributed by atoms with Gasteiger partial charge in [-0.1, -0.05) is 24.8 Å². The average Bonchev–Trinajstić information content (AvgIpc) is 2.45. The van der Waals surface area contributed by atoms with Crippen molar-refractivity contribution in [1.82, 2.24) is 0 Å².